The first-order chi connectivity index (χ1) is 8.69. The Morgan fingerprint density at radius 3 is 2.44 bits per heavy atom. The van der Waals surface area contributed by atoms with Gasteiger partial charge in [-0.3, -0.25) is 0 Å². The molecule has 0 saturated heterocycles. The van der Waals surface area contributed by atoms with Gasteiger partial charge in [0.25, 0.3) is 0 Å². The summed E-state index contributed by atoms with van der Waals surface area (Å²) in [5, 5.41) is 3.28. The third-order valence-corrected chi connectivity index (χ3v) is 3.57. The molecule has 2 aromatic rings. The number of rotatable bonds is 4. The van der Waals surface area contributed by atoms with E-state index in [0.717, 1.165) is 11.3 Å². The van der Waals surface area contributed by atoms with Gasteiger partial charge in [0.15, 0.2) is 0 Å². The number of hydrogen-bond donors (Lipinski definition) is 1. The number of hydrogen-bond acceptors (Lipinski definition) is 2. The van der Waals surface area contributed by atoms with Crippen LogP contribution in [0.5, 0.6) is 0 Å². The minimum absolute atomic E-state index is 0.146. The molecule has 2 aromatic carbocycles. The fourth-order valence-electron chi connectivity index (χ4n) is 1.66. The Hall–Kier alpha value is -1.48. The standard InChI is InChI=1S/C15H16FNS/c1-11-3-4-12(9-15(11)16)10-17-13-5-7-14(18-2)8-6-13/h3-9,17H,10H2,1-2H3. The third kappa shape index (κ3) is 3.26. The molecule has 0 saturated carbocycles. The maximum atomic E-state index is 13.4. The van der Waals surface area contributed by atoms with Crippen molar-refractivity contribution in [1.82, 2.24) is 0 Å². The largest absolute Gasteiger partial charge is 0.381 e. The summed E-state index contributed by atoms with van der Waals surface area (Å²) in [6, 6.07) is 13.6. The number of benzene rings is 2. The van der Waals surface area contributed by atoms with Crippen LogP contribution < -0.4 is 5.32 Å². The molecule has 2 rings (SSSR count). The van der Waals surface area contributed by atoms with Gasteiger partial charge in [-0.2, -0.15) is 0 Å². The lowest BCUT2D eigenvalue weighted by molar-refractivity contribution is 0.616. The number of aryl methyl sites for hydroxylation is 1. The first-order valence-corrected chi connectivity index (χ1v) is 7.04. The summed E-state index contributed by atoms with van der Waals surface area (Å²) in [5.41, 5.74) is 2.68. The molecule has 3 heteroatoms. The van der Waals surface area contributed by atoms with Gasteiger partial charge in [-0.05, 0) is 54.6 Å². The van der Waals surface area contributed by atoms with Gasteiger partial charge < -0.3 is 5.32 Å². The maximum Gasteiger partial charge on any atom is 0.126 e. The second-order valence-electron chi connectivity index (χ2n) is 4.17. The zero-order chi connectivity index (χ0) is 13.0. The van der Waals surface area contributed by atoms with Gasteiger partial charge in [-0.25, -0.2) is 4.39 Å². The van der Waals surface area contributed by atoms with Crippen LogP contribution in [-0.2, 0) is 6.54 Å². The van der Waals surface area contributed by atoms with Crippen molar-refractivity contribution in [1.29, 1.82) is 0 Å². The van der Waals surface area contributed by atoms with Gasteiger partial charge in [0.2, 0.25) is 0 Å². The van der Waals surface area contributed by atoms with Crippen molar-refractivity contribution in [2.75, 3.05) is 11.6 Å². The fraction of sp³-hybridized carbons (Fsp3) is 0.200. The quantitative estimate of drug-likeness (QED) is 0.815. The summed E-state index contributed by atoms with van der Waals surface area (Å²) in [6.45, 7) is 2.41. The van der Waals surface area contributed by atoms with Crippen LogP contribution in [0.4, 0.5) is 10.1 Å². The van der Waals surface area contributed by atoms with Gasteiger partial charge in [-0.15, -0.1) is 11.8 Å². The Kier molecular flexibility index (Phi) is 4.26. The Labute approximate surface area is 111 Å². The normalized spacial score (nSPS) is 10.4. The van der Waals surface area contributed by atoms with Crippen LogP contribution in [0.25, 0.3) is 0 Å². The summed E-state index contributed by atoms with van der Waals surface area (Å²) in [6.07, 6.45) is 2.05. The lowest BCUT2D eigenvalue weighted by Crippen LogP contribution is -2.00. The van der Waals surface area contributed by atoms with Crippen LogP contribution in [0, 0.1) is 12.7 Å². The highest BCUT2D eigenvalue weighted by Gasteiger charge is 1.99. The number of halogens is 1. The molecule has 1 nitrogen and oxygen atoms in total. The summed E-state index contributed by atoms with van der Waals surface area (Å²) in [5.74, 6) is -0.146. The molecule has 1 N–H and O–H groups in total. The minimum atomic E-state index is -0.146. The highest BCUT2D eigenvalue weighted by molar-refractivity contribution is 7.98. The lowest BCUT2D eigenvalue weighted by Gasteiger charge is -2.08. The molecule has 18 heavy (non-hydrogen) atoms. The zero-order valence-corrected chi connectivity index (χ0v) is 11.4. The molecule has 0 aliphatic heterocycles. The van der Waals surface area contributed by atoms with E-state index in [4.69, 9.17) is 0 Å². The van der Waals surface area contributed by atoms with Crippen LogP contribution in [0.15, 0.2) is 47.4 Å². The molecule has 0 aliphatic carbocycles. The molecule has 0 spiro atoms. The highest BCUT2D eigenvalue weighted by atomic mass is 32.2. The van der Waals surface area contributed by atoms with Crippen molar-refractivity contribution in [3.8, 4) is 0 Å². The minimum Gasteiger partial charge on any atom is -0.381 e. The van der Waals surface area contributed by atoms with Gasteiger partial charge in [-0.1, -0.05) is 12.1 Å². The molecule has 94 valence electrons. The average molecular weight is 261 g/mol. The molecule has 0 atom stereocenters. The Morgan fingerprint density at radius 2 is 1.83 bits per heavy atom. The second-order valence-corrected chi connectivity index (χ2v) is 5.05. The molecule has 0 amide bonds. The first kappa shape index (κ1) is 13.0. The van der Waals surface area contributed by atoms with E-state index in [9.17, 15) is 4.39 Å². The van der Waals surface area contributed by atoms with E-state index in [-0.39, 0.29) is 5.82 Å². The van der Waals surface area contributed by atoms with Crippen LogP contribution in [-0.4, -0.2) is 6.26 Å². The van der Waals surface area contributed by atoms with Crippen molar-refractivity contribution >= 4 is 17.4 Å². The maximum absolute atomic E-state index is 13.4. The third-order valence-electron chi connectivity index (χ3n) is 2.82. The van der Waals surface area contributed by atoms with E-state index in [0.29, 0.717) is 12.1 Å². The molecular formula is C15H16FNS. The molecule has 0 aliphatic rings. The summed E-state index contributed by atoms with van der Waals surface area (Å²) in [7, 11) is 0. The lowest BCUT2D eigenvalue weighted by atomic mass is 10.1. The molecule has 0 aromatic heterocycles. The van der Waals surface area contributed by atoms with Crippen LogP contribution in [0.2, 0.25) is 0 Å². The predicted octanol–water partition coefficient (Wildman–Crippen LogP) is 4.47. The number of anilines is 1. The van der Waals surface area contributed by atoms with E-state index in [1.807, 2.05) is 24.3 Å². The average Bonchev–Trinajstić information content (AvgIpc) is 2.41. The molecular weight excluding hydrogens is 245 g/mol. The topological polar surface area (TPSA) is 12.0 Å². The van der Waals surface area contributed by atoms with Crippen LogP contribution in [0.3, 0.4) is 0 Å². The summed E-state index contributed by atoms with van der Waals surface area (Å²) < 4.78 is 13.4. The Bertz CT molecular complexity index is 523. The number of thioether (sulfide) groups is 1. The van der Waals surface area contributed by atoms with Crippen LogP contribution >= 0.6 is 11.8 Å². The second kappa shape index (κ2) is 5.91. The zero-order valence-electron chi connectivity index (χ0n) is 10.5. The van der Waals surface area contributed by atoms with E-state index in [1.54, 1.807) is 24.8 Å². The van der Waals surface area contributed by atoms with Gasteiger partial charge >= 0.3 is 0 Å². The highest BCUT2D eigenvalue weighted by Crippen LogP contribution is 2.18. The van der Waals surface area contributed by atoms with E-state index in [2.05, 4.69) is 23.7 Å². The van der Waals surface area contributed by atoms with Crippen molar-refractivity contribution < 1.29 is 4.39 Å². The monoisotopic (exact) mass is 261 g/mol. The van der Waals surface area contributed by atoms with Crippen molar-refractivity contribution in [3.63, 3.8) is 0 Å². The molecule has 0 heterocycles. The Balaban J connectivity index is 1.99. The SMILES string of the molecule is CSc1ccc(NCc2ccc(C)c(F)c2)cc1. The van der Waals surface area contributed by atoms with Gasteiger partial charge in [0.1, 0.15) is 5.82 Å². The predicted molar refractivity (Wildman–Crippen MR) is 76.7 cm³/mol. The van der Waals surface area contributed by atoms with Crippen molar-refractivity contribution in [2.24, 2.45) is 0 Å². The van der Waals surface area contributed by atoms with Gasteiger partial charge in [0.05, 0.1) is 0 Å². The van der Waals surface area contributed by atoms with E-state index < -0.39 is 0 Å². The Morgan fingerprint density at radius 1 is 1.11 bits per heavy atom. The molecule has 0 fully saturated rings. The van der Waals surface area contributed by atoms with E-state index in [1.165, 1.54) is 4.90 Å². The first-order valence-electron chi connectivity index (χ1n) is 5.82. The molecule has 0 radical (unpaired) electrons. The van der Waals surface area contributed by atoms with Crippen molar-refractivity contribution in [2.45, 2.75) is 18.4 Å². The van der Waals surface area contributed by atoms with Crippen molar-refractivity contribution in [3.05, 3.63) is 59.4 Å². The summed E-state index contributed by atoms with van der Waals surface area (Å²) >= 11 is 1.72. The van der Waals surface area contributed by atoms with Gasteiger partial charge in [0, 0.05) is 17.1 Å². The smallest absolute Gasteiger partial charge is 0.126 e. The molecule has 0 unspecified atom stereocenters. The van der Waals surface area contributed by atoms with Crippen LogP contribution in [0.1, 0.15) is 11.1 Å². The van der Waals surface area contributed by atoms with E-state index >= 15 is 0 Å². The fourth-order valence-corrected chi connectivity index (χ4v) is 2.07. The summed E-state index contributed by atoms with van der Waals surface area (Å²) in [4.78, 5) is 1.24. The molecule has 0 bridgehead atoms. The number of nitrogens with one attached hydrogen (secondary N) is 1.